The van der Waals surface area contributed by atoms with Crippen LogP contribution in [0.2, 0.25) is 0 Å². The Morgan fingerprint density at radius 3 is 2.35 bits per heavy atom. The van der Waals surface area contributed by atoms with Crippen LogP contribution in [0.5, 0.6) is 23.0 Å². The Labute approximate surface area is 227 Å². The molecule has 3 heterocycles. The number of halogens is 1. The third-order valence-corrected chi connectivity index (χ3v) is 6.12. The summed E-state index contributed by atoms with van der Waals surface area (Å²) in [5, 5.41) is 7.64. The summed E-state index contributed by atoms with van der Waals surface area (Å²) in [5.74, 6) is -0.305. The predicted octanol–water partition coefficient (Wildman–Crippen LogP) is 2.67. The number of nitrogens with zero attached hydrogens (tertiary/aromatic N) is 4. The third-order valence-electron chi connectivity index (χ3n) is 5.57. The Morgan fingerprint density at radius 1 is 1.07 bits per heavy atom. The Bertz CT molecular complexity index is 1460. The van der Waals surface area contributed by atoms with Crippen LogP contribution in [0.3, 0.4) is 0 Å². The van der Waals surface area contributed by atoms with Crippen molar-refractivity contribution in [3.63, 3.8) is 0 Å². The lowest BCUT2D eigenvalue weighted by molar-refractivity contribution is -0.132. The molecule has 0 saturated carbocycles. The van der Waals surface area contributed by atoms with Crippen molar-refractivity contribution in [1.29, 1.82) is 0 Å². The zero-order valence-electron chi connectivity index (χ0n) is 22.1. The molecule has 1 aliphatic rings. The molecule has 1 aliphatic heterocycles. The summed E-state index contributed by atoms with van der Waals surface area (Å²) in [7, 11) is -0.259. The molecule has 0 aliphatic carbocycles. The molecule has 5 N–H and O–H groups in total. The standard InChI is InChI=1S/C23H27FN7O8P/c1-23(2)21(32)31(11-26-40(33,34)35)20-14(39-23)6-7-17(29-20)28-19-13(24)10-25-22(30-19)27-12-8-15(36-3)18(38-5)16(9-12)37-4/h6-10H,11H2,1-5H3,(H3,26,33,34,35)(H2,25,27,28,29,30). The molecular weight excluding hydrogens is 552 g/mol. The number of methoxy groups -OCH3 is 3. The molecule has 0 saturated heterocycles. The first-order chi connectivity index (χ1) is 18.8. The molecule has 0 unspecified atom stereocenters. The molecule has 2 aromatic heterocycles. The highest BCUT2D eigenvalue weighted by atomic mass is 31.2. The largest absolute Gasteiger partial charge is 0.493 e. The summed E-state index contributed by atoms with van der Waals surface area (Å²) in [6.07, 6.45) is 0.944. The number of amides is 1. The molecule has 40 heavy (non-hydrogen) atoms. The first kappa shape index (κ1) is 28.8. The van der Waals surface area contributed by atoms with Gasteiger partial charge >= 0.3 is 7.75 Å². The van der Waals surface area contributed by atoms with Crippen molar-refractivity contribution in [3.05, 3.63) is 36.3 Å². The highest BCUT2D eigenvalue weighted by Crippen LogP contribution is 2.41. The van der Waals surface area contributed by atoms with Crippen LogP contribution in [-0.4, -0.2) is 64.2 Å². The van der Waals surface area contributed by atoms with Crippen LogP contribution >= 0.6 is 7.75 Å². The highest BCUT2D eigenvalue weighted by Gasteiger charge is 2.42. The summed E-state index contributed by atoms with van der Waals surface area (Å²) in [6.45, 7) is 2.46. The van der Waals surface area contributed by atoms with Crippen molar-refractivity contribution in [2.24, 2.45) is 0 Å². The molecule has 0 spiro atoms. The maximum Gasteiger partial charge on any atom is 0.401 e. The van der Waals surface area contributed by atoms with Gasteiger partial charge in [0.05, 0.1) is 34.2 Å². The van der Waals surface area contributed by atoms with Gasteiger partial charge in [-0.15, -0.1) is 0 Å². The van der Waals surface area contributed by atoms with Crippen LogP contribution in [-0.2, 0) is 9.36 Å². The lowest BCUT2D eigenvalue weighted by Gasteiger charge is -2.38. The van der Waals surface area contributed by atoms with Crippen molar-refractivity contribution < 1.29 is 42.5 Å². The molecule has 3 aromatic rings. The number of anilines is 5. The summed E-state index contributed by atoms with van der Waals surface area (Å²) in [5.41, 5.74) is -0.864. The Balaban J connectivity index is 1.62. The SMILES string of the molecule is COc1cc(Nc2ncc(F)c(Nc3ccc4c(n3)N(CNP(=O)(O)O)C(=O)C(C)(C)O4)n2)cc(OC)c1OC. The van der Waals surface area contributed by atoms with Gasteiger partial charge in [0.2, 0.25) is 11.7 Å². The highest BCUT2D eigenvalue weighted by molar-refractivity contribution is 7.49. The number of rotatable bonds is 10. The van der Waals surface area contributed by atoms with E-state index in [0.717, 1.165) is 11.1 Å². The van der Waals surface area contributed by atoms with E-state index < -0.39 is 31.7 Å². The summed E-state index contributed by atoms with van der Waals surface area (Å²) in [4.78, 5) is 44.8. The Hall–Kier alpha value is -4.24. The number of fused-ring (bicyclic) bond motifs is 1. The normalized spacial score (nSPS) is 14.2. The van der Waals surface area contributed by atoms with Crippen LogP contribution in [0.4, 0.5) is 33.5 Å². The Morgan fingerprint density at radius 2 is 1.75 bits per heavy atom. The number of ether oxygens (including phenoxy) is 4. The van der Waals surface area contributed by atoms with Crippen molar-refractivity contribution in [2.75, 3.05) is 43.5 Å². The van der Waals surface area contributed by atoms with Gasteiger partial charge in [-0.3, -0.25) is 9.69 Å². The van der Waals surface area contributed by atoms with Crippen molar-refractivity contribution >= 4 is 42.7 Å². The van der Waals surface area contributed by atoms with Crippen LogP contribution in [0, 0.1) is 5.82 Å². The maximum absolute atomic E-state index is 14.7. The van der Waals surface area contributed by atoms with Gasteiger partial charge in [-0.2, -0.15) is 4.98 Å². The topological polar surface area (TPSA) is 190 Å². The fourth-order valence-electron chi connectivity index (χ4n) is 3.75. The van der Waals surface area contributed by atoms with Crippen molar-refractivity contribution in [3.8, 4) is 23.0 Å². The fraction of sp³-hybridized carbons (Fsp3) is 0.304. The van der Waals surface area contributed by atoms with Gasteiger partial charge in [0.1, 0.15) is 5.82 Å². The number of benzene rings is 1. The predicted molar refractivity (Wildman–Crippen MR) is 141 cm³/mol. The second-order valence-electron chi connectivity index (χ2n) is 8.78. The second kappa shape index (κ2) is 11.1. The maximum atomic E-state index is 14.7. The van der Waals surface area contributed by atoms with E-state index >= 15 is 0 Å². The lowest BCUT2D eigenvalue weighted by atomic mass is 10.1. The number of aromatic nitrogens is 3. The van der Waals surface area contributed by atoms with E-state index in [9.17, 15) is 23.5 Å². The zero-order valence-corrected chi connectivity index (χ0v) is 22.9. The van der Waals surface area contributed by atoms with Crippen molar-refractivity contribution in [2.45, 2.75) is 19.4 Å². The van der Waals surface area contributed by atoms with Crippen LogP contribution in [0.1, 0.15) is 13.8 Å². The van der Waals surface area contributed by atoms with Gasteiger partial charge in [-0.05, 0) is 26.0 Å². The van der Waals surface area contributed by atoms with E-state index in [1.165, 1.54) is 47.3 Å². The van der Waals surface area contributed by atoms with E-state index in [2.05, 4.69) is 25.6 Å². The van der Waals surface area contributed by atoms with Crippen LogP contribution in [0.25, 0.3) is 0 Å². The fourth-order valence-corrected chi connectivity index (χ4v) is 4.07. The minimum Gasteiger partial charge on any atom is -0.493 e. The second-order valence-corrected chi connectivity index (χ2v) is 10.2. The molecule has 4 rings (SSSR count). The third kappa shape index (κ3) is 6.15. The average molecular weight is 579 g/mol. The molecule has 15 nitrogen and oxygen atoms in total. The molecular formula is C23H27FN7O8P. The number of hydrogen-bond acceptors (Lipinski definition) is 11. The van der Waals surface area contributed by atoms with Gasteiger partial charge in [-0.25, -0.2) is 24.0 Å². The van der Waals surface area contributed by atoms with E-state index in [1.807, 2.05) is 5.09 Å². The molecule has 1 aromatic carbocycles. The van der Waals surface area contributed by atoms with E-state index in [4.69, 9.17) is 18.9 Å². The van der Waals surface area contributed by atoms with Gasteiger partial charge < -0.3 is 39.4 Å². The minimum atomic E-state index is -4.66. The summed E-state index contributed by atoms with van der Waals surface area (Å²) < 4.78 is 47.7. The van der Waals surface area contributed by atoms with E-state index in [1.54, 1.807) is 12.1 Å². The van der Waals surface area contributed by atoms with Crippen molar-refractivity contribution in [1.82, 2.24) is 20.0 Å². The molecule has 214 valence electrons. The first-order valence-corrected chi connectivity index (χ1v) is 13.2. The van der Waals surface area contributed by atoms with E-state index in [-0.39, 0.29) is 29.2 Å². The number of nitrogens with one attached hydrogen (secondary N) is 3. The van der Waals surface area contributed by atoms with Crippen LogP contribution in [0.15, 0.2) is 30.5 Å². The van der Waals surface area contributed by atoms with Gasteiger partial charge in [0.25, 0.3) is 5.91 Å². The van der Waals surface area contributed by atoms with Crippen LogP contribution < -0.4 is 39.6 Å². The van der Waals surface area contributed by atoms with E-state index in [0.29, 0.717) is 22.9 Å². The first-order valence-electron chi connectivity index (χ1n) is 11.5. The average Bonchev–Trinajstić information content (AvgIpc) is 2.89. The quantitative estimate of drug-likeness (QED) is 0.220. The molecule has 0 fully saturated rings. The molecule has 0 atom stereocenters. The smallest absolute Gasteiger partial charge is 0.401 e. The summed E-state index contributed by atoms with van der Waals surface area (Å²) >= 11 is 0. The molecule has 17 heteroatoms. The minimum absolute atomic E-state index is 0.0175. The zero-order chi connectivity index (χ0) is 29.2. The Kier molecular flexibility index (Phi) is 7.98. The number of hydrogen-bond donors (Lipinski definition) is 5. The number of carbonyl (C=O) groups excluding carboxylic acids is 1. The lowest BCUT2D eigenvalue weighted by Crippen LogP contribution is -2.54. The molecule has 0 bridgehead atoms. The van der Waals surface area contributed by atoms with Gasteiger partial charge in [-0.1, -0.05) is 0 Å². The summed E-state index contributed by atoms with van der Waals surface area (Å²) in [6, 6.07) is 6.18. The molecule has 1 amide bonds. The molecule has 0 radical (unpaired) electrons. The number of carbonyl (C=O) groups is 1. The monoisotopic (exact) mass is 579 g/mol. The van der Waals surface area contributed by atoms with Gasteiger partial charge in [0, 0.05) is 17.8 Å². The van der Waals surface area contributed by atoms with Gasteiger partial charge in [0.15, 0.2) is 40.3 Å². The number of pyridine rings is 1.